The van der Waals surface area contributed by atoms with Crippen LogP contribution in [0.15, 0.2) is 42.5 Å². The molecule has 5 N–H and O–H groups in total. The zero-order valence-corrected chi connectivity index (χ0v) is 14.0. The van der Waals surface area contributed by atoms with E-state index in [0.717, 1.165) is 11.1 Å². The Bertz CT molecular complexity index is 879. The van der Waals surface area contributed by atoms with Gasteiger partial charge in [0.25, 0.3) is 11.8 Å². The molecule has 0 saturated carbocycles. The summed E-state index contributed by atoms with van der Waals surface area (Å²) in [5.74, 6) is -1.49. The Labute approximate surface area is 150 Å². The summed E-state index contributed by atoms with van der Waals surface area (Å²) in [7, 11) is 0. The Hall–Kier alpha value is -3.19. The third kappa shape index (κ3) is 3.89. The molecule has 0 aromatic heterocycles. The first-order valence-electron chi connectivity index (χ1n) is 8.24. The second-order valence-corrected chi connectivity index (χ2v) is 6.18. The zero-order valence-electron chi connectivity index (χ0n) is 14.0. The van der Waals surface area contributed by atoms with Crippen LogP contribution in [0.5, 0.6) is 0 Å². The Kier molecular flexibility index (Phi) is 4.99. The molecule has 0 fully saturated rings. The monoisotopic (exact) mass is 353 g/mol. The molecule has 2 aromatic rings. The van der Waals surface area contributed by atoms with Gasteiger partial charge in [-0.2, -0.15) is 0 Å². The van der Waals surface area contributed by atoms with Crippen LogP contribution in [0.25, 0.3) is 0 Å². The van der Waals surface area contributed by atoms with Gasteiger partial charge in [0, 0.05) is 23.4 Å². The number of anilines is 1. The van der Waals surface area contributed by atoms with E-state index in [1.54, 1.807) is 42.5 Å². The van der Waals surface area contributed by atoms with Crippen molar-refractivity contribution in [3.05, 3.63) is 64.7 Å². The maximum absolute atomic E-state index is 12.5. The zero-order chi connectivity index (χ0) is 18.7. The van der Waals surface area contributed by atoms with Crippen LogP contribution in [-0.4, -0.2) is 35.5 Å². The molecule has 1 heterocycles. The van der Waals surface area contributed by atoms with Crippen molar-refractivity contribution in [3.8, 4) is 0 Å². The molecule has 0 spiro atoms. The number of carbonyl (C=O) groups is 3. The van der Waals surface area contributed by atoms with Crippen LogP contribution in [0, 0.1) is 0 Å². The maximum Gasteiger partial charge on any atom is 0.320 e. The number of amides is 2. The van der Waals surface area contributed by atoms with Gasteiger partial charge in [-0.25, -0.2) is 0 Å². The molecule has 1 unspecified atom stereocenters. The standard InChI is InChI=1S/C19H19N3O4/c20-16(19(25)26)9-11-2-1-3-14(8-11)22-17(23)13-4-5-15-12(10-13)6-7-21-18(15)24/h1-5,8,10,16H,6-7,9,20H2,(H,21,24)(H,22,23)(H,25,26). The average Bonchev–Trinajstić information content (AvgIpc) is 2.62. The van der Waals surface area contributed by atoms with Crippen molar-refractivity contribution in [1.29, 1.82) is 0 Å². The predicted molar refractivity (Wildman–Crippen MR) is 96.2 cm³/mol. The fraction of sp³-hybridized carbons (Fsp3) is 0.211. The molecule has 1 aliphatic rings. The van der Waals surface area contributed by atoms with E-state index < -0.39 is 12.0 Å². The summed E-state index contributed by atoms with van der Waals surface area (Å²) in [5, 5.41) is 14.5. The van der Waals surface area contributed by atoms with Gasteiger partial charge in [0.05, 0.1) is 0 Å². The normalized spacial score (nSPS) is 14.1. The van der Waals surface area contributed by atoms with E-state index in [9.17, 15) is 14.4 Å². The minimum absolute atomic E-state index is 0.124. The first-order chi connectivity index (χ1) is 12.4. The van der Waals surface area contributed by atoms with Crippen LogP contribution in [0.1, 0.15) is 31.8 Å². The molecule has 7 heteroatoms. The van der Waals surface area contributed by atoms with Crippen molar-refractivity contribution in [2.75, 3.05) is 11.9 Å². The quantitative estimate of drug-likeness (QED) is 0.643. The van der Waals surface area contributed by atoms with E-state index in [1.807, 2.05) is 0 Å². The van der Waals surface area contributed by atoms with Crippen molar-refractivity contribution in [2.45, 2.75) is 18.9 Å². The largest absolute Gasteiger partial charge is 0.480 e. The number of carboxylic acids is 1. The number of carboxylic acid groups (broad SMARTS) is 1. The SMILES string of the molecule is NC(Cc1cccc(NC(=O)c2ccc3c(c2)CCNC3=O)c1)C(=O)O. The summed E-state index contributed by atoms with van der Waals surface area (Å²) in [5.41, 5.74) is 8.73. The molecule has 3 rings (SSSR count). The lowest BCUT2D eigenvalue weighted by atomic mass is 9.97. The van der Waals surface area contributed by atoms with Crippen molar-refractivity contribution in [3.63, 3.8) is 0 Å². The molecular weight excluding hydrogens is 334 g/mol. The Balaban J connectivity index is 1.74. The highest BCUT2D eigenvalue weighted by atomic mass is 16.4. The van der Waals surface area contributed by atoms with E-state index in [2.05, 4.69) is 10.6 Å². The number of hydrogen-bond donors (Lipinski definition) is 4. The minimum Gasteiger partial charge on any atom is -0.480 e. The lowest BCUT2D eigenvalue weighted by Gasteiger charge is -2.17. The topological polar surface area (TPSA) is 122 Å². The highest BCUT2D eigenvalue weighted by molar-refractivity contribution is 6.05. The Morgan fingerprint density at radius 3 is 2.81 bits per heavy atom. The van der Waals surface area contributed by atoms with Crippen LogP contribution in [0.3, 0.4) is 0 Å². The van der Waals surface area contributed by atoms with Crippen molar-refractivity contribution < 1.29 is 19.5 Å². The summed E-state index contributed by atoms with van der Waals surface area (Å²) in [6, 6.07) is 10.9. The second-order valence-electron chi connectivity index (χ2n) is 6.18. The van der Waals surface area contributed by atoms with Crippen LogP contribution in [0.2, 0.25) is 0 Å². The van der Waals surface area contributed by atoms with E-state index in [-0.39, 0.29) is 18.2 Å². The second kappa shape index (κ2) is 7.37. The highest BCUT2D eigenvalue weighted by Gasteiger charge is 2.18. The highest BCUT2D eigenvalue weighted by Crippen LogP contribution is 2.18. The molecule has 2 amide bonds. The van der Waals surface area contributed by atoms with Gasteiger partial charge in [0.2, 0.25) is 0 Å². The van der Waals surface area contributed by atoms with Crippen LogP contribution >= 0.6 is 0 Å². The van der Waals surface area contributed by atoms with Gasteiger partial charge >= 0.3 is 5.97 Å². The molecule has 0 aliphatic carbocycles. The van der Waals surface area contributed by atoms with E-state index in [0.29, 0.717) is 29.8 Å². The Morgan fingerprint density at radius 2 is 2.04 bits per heavy atom. The fourth-order valence-electron chi connectivity index (χ4n) is 2.89. The van der Waals surface area contributed by atoms with Crippen molar-refractivity contribution >= 4 is 23.5 Å². The number of nitrogens with two attached hydrogens (primary N) is 1. The number of rotatable bonds is 5. The first-order valence-corrected chi connectivity index (χ1v) is 8.24. The predicted octanol–water partition coefficient (Wildman–Crippen LogP) is 1.18. The summed E-state index contributed by atoms with van der Waals surface area (Å²) in [6.07, 6.45) is 0.859. The number of hydrogen-bond acceptors (Lipinski definition) is 4. The molecule has 1 aliphatic heterocycles. The van der Waals surface area contributed by atoms with Gasteiger partial charge in [-0.05, 0) is 54.3 Å². The summed E-state index contributed by atoms with van der Waals surface area (Å²) < 4.78 is 0. The van der Waals surface area contributed by atoms with Gasteiger partial charge in [-0.1, -0.05) is 12.1 Å². The number of benzene rings is 2. The molecule has 134 valence electrons. The summed E-state index contributed by atoms with van der Waals surface area (Å²) in [4.78, 5) is 35.1. The number of fused-ring (bicyclic) bond motifs is 1. The third-order valence-electron chi connectivity index (χ3n) is 4.25. The smallest absolute Gasteiger partial charge is 0.320 e. The van der Waals surface area contributed by atoms with Crippen molar-refractivity contribution in [1.82, 2.24) is 5.32 Å². The van der Waals surface area contributed by atoms with Crippen LogP contribution < -0.4 is 16.4 Å². The fourth-order valence-corrected chi connectivity index (χ4v) is 2.89. The van der Waals surface area contributed by atoms with E-state index >= 15 is 0 Å². The Morgan fingerprint density at radius 1 is 1.23 bits per heavy atom. The van der Waals surface area contributed by atoms with Gasteiger partial charge in [0.15, 0.2) is 0 Å². The van der Waals surface area contributed by atoms with Gasteiger partial charge in [-0.15, -0.1) is 0 Å². The molecule has 26 heavy (non-hydrogen) atoms. The van der Waals surface area contributed by atoms with Gasteiger partial charge in [0.1, 0.15) is 6.04 Å². The average molecular weight is 353 g/mol. The van der Waals surface area contributed by atoms with Crippen LogP contribution in [0.4, 0.5) is 5.69 Å². The molecule has 0 radical (unpaired) electrons. The maximum atomic E-state index is 12.5. The molecule has 2 aromatic carbocycles. The molecular formula is C19H19N3O4. The van der Waals surface area contributed by atoms with Gasteiger partial charge < -0.3 is 21.5 Å². The van der Waals surface area contributed by atoms with Crippen LogP contribution in [-0.2, 0) is 17.6 Å². The lowest BCUT2D eigenvalue weighted by Crippen LogP contribution is -2.32. The summed E-state index contributed by atoms with van der Waals surface area (Å²) >= 11 is 0. The number of nitrogens with one attached hydrogen (secondary N) is 2. The molecule has 7 nitrogen and oxygen atoms in total. The summed E-state index contributed by atoms with van der Waals surface area (Å²) in [6.45, 7) is 0.558. The molecule has 1 atom stereocenters. The van der Waals surface area contributed by atoms with E-state index in [1.165, 1.54) is 0 Å². The van der Waals surface area contributed by atoms with Crippen molar-refractivity contribution in [2.24, 2.45) is 5.73 Å². The lowest BCUT2D eigenvalue weighted by molar-refractivity contribution is -0.138. The van der Waals surface area contributed by atoms with Gasteiger partial charge in [-0.3, -0.25) is 14.4 Å². The molecule has 0 bridgehead atoms. The number of aliphatic carboxylic acids is 1. The number of carbonyl (C=O) groups excluding carboxylic acids is 2. The minimum atomic E-state index is -1.07. The third-order valence-corrected chi connectivity index (χ3v) is 4.25. The molecule has 0 saturated heterocycles. The van der Waals surface area contributed by atoms with E-state index in [4.69, 9.17) is 10.8 Å². The first kappa shape index (κ1) is 17.6.